The molecule has 1 amide bonds. The first-order valence-corrected chi connectivity index (χ1v) is 12.8. The molecule has 1 aliphatic carbocycles. The van der Waals surface area contributed by atoms with Gasteiger partial charge in [-0.15, -0.1) is 0 Å². The maximum atomic E-state index is 13.3. The van der Waals surface area contributed by atoms with E-state index >= 15 is 0 Å². The zero-order chi connectivity index (χ0) is 25.3. The number of benzene rings is 2. The molecule has 4 rings (SSSR count). The minimum absolute atomic E-state index is 0.122. The quantitative estimate of drug-likeness (QED) is 0.376. The van der Waals surface area contributed by atoms with Crippen molar-refractivity contribution in [2.24, 2.45) is 0 Å². The number of hydrogen-bond donors (Lipinski definition) is 1. The van der Waals surface area contributed by atoms with Gasteiger partial charge in [-0.25, -0.2) is 0 Å². The van der Waals surface area contributed by atoms with Crippen molar-refractivity contribution in [3.8, 4) is 17.2 Å². The first-order valence-electron chi connectivity index (χ1n) is 12.8. The summed E-state index contributed by atoms with van der Waals surface area (Å²) in [7, 11) is 3.27. The van der Waals surface area contributed by atoms with Gasteiger partial charge in [0.2, 0.25) is 11.5 Å². The van der Waals surface area contributed by atoms with Crippen molar-refractivity contribution in [2.45, 2.75) is 57.4 Å². The van der Waals surface area contributed by atoms with Crippen molar-refractivity contribution in [3.05, 3.63) is 64.4 Å². The minimum atomic E-state index is -0.122. The van der Waals surface area contributed by atoms with E-state index in [0.717, 1.165) is 41.5 Å². The lowest BCUT2D eigenvalue weighted by Gasteiger charge is -2.34. The number of nitrogens with zero attached hydrogens (tertiary/aromatic N) is 1. The van der Waals surface area contributed by atoms with Crippen LogP contribution in [0.1, 0.15) is 50.5 Å². The number of carbonyl (C=O) groups is 1. The number of carbonyl (C=O) groups excluding carboxylic acids is 1. The average molecular weight is 493 g/mol. The SMILES string of the molecule is COc1ccc(CCN(C(=O)CCCOc2ccc3[nH]c(=O)ccc3c2)C2CCCCC2)cc1OC. The van der Waals surface area contributed by atoms with Crippen LogP contribution in [0.3, 0.4) is 0 Å². The molecule has 1 aliphatic rings. The van der Waals surface area contributed by atoms with E-state index in [9.17, 15) is 9.59 Å². The summed E-state index contributed by atoms with van der Waals surface area (Å²) in [6.07, 6.45) is 7.66. The molecule has 2 aromatic carbocycles. The molecular weight excluding hydrogens is 456 g/mol. The summed E-state index contributed by atoms with van der Waals surface area (Å²) in [6.45, 7) is 1.16. The van der Waals surface area contributed by atoms with Gasteiger partial charge in [-0.05, 0) is 67.6 Å². The molecule has 0 unspecified atom stereocenters. The molecule has 1 fully saturated rings. The van der Waals surface area contributed by atoms with Gasteiger partial charge in [-0.2, -0.15) is 0 Å². The van der Waals surface area contributed by atoms with Gasteiger partial charge in [0.1, 0.15) is 5.75 Å². The fourth-order valence-corrected chi connectivity index (χ4v) is 4.97. The van der Waals surface area contributed by atoms with E-state index in [1.165, 1.54) is 25.3 Å². The number of hydrogen-bond acceptors (Lipinski definition) is 5. The van der Waals surface area contributed by atoms with E-state index in [-0.39, 0.29) is 11.5 Å². The first-order chi connectivity index (χ1) is 17.6. The Morgan fingerprint density at radius 2 is 1.78 bits per heavy atom. The minimum Gasteiger partial charge on any atom is -0.494 e. The van der Waals surface area contributed by atoms with E-state index in [1.807, 2.05) is 36.4 Å². The van der Waals surface area contributed by atoms with Gasteiger partial charge in [0.05, 0.1) is 20.8 Å². The number of nitrogens with one attached hydrogen (secondary N) is 1. The number of aromatic amines is 1. The summed E-state index contributed by atoms with van der Waals surface area (Å²) in [5.74, 6) is 2.35. The molecule has 1 heterocycles. The summed E-state index contributed by atoms with van der Waals surface area (Å²) in [6, 6.07) is 15.2. The smallest absolute Gasteiger partial charge is 0.248 e. The molecule has 1 N–H and O–H groups in total. The Hall–Kier alpha value is -3.48. The highest BCUT2D eigenvalue weighted by Gasteiger charge is 2.25. The maximum absolute atomic E-state index is 13.3. The number of H-pyrrole nitrogens is 1. The molecule has 0 spiro atoms. The van der Waals surface area contributed by atoms with Crippen LogP contribution in [0.25, 0.3) is 10.9 Å². The van der Waals surface area contributed by atoms with Gasteiger partial charge in [0.25, 0.3) is 0 Å². The first kappa shape index (κ1) is 25.6. The molecule has 0 bridgehead atoms. The van der Waals surface area contributed by atoms with Crippen LogP contribution >= 0.6 is 0 Å². The average Bonchev–Trinajstić information content (AvgIpc) is 2.91. The third kappa shape index (κ3) is 6.59. The fraction of sp³-hybridized carbons (Fsp3) is 0.448. The Bertz CT molecular complexity index is 1220. The molecule has 192 valence electrons. The summed E-state index contributed by atoms with van der Waals surface area (Å²) < 4.78 is 16.7. The highest BCUT2D eigenvalue weighted by atomic mass is 16.5. The lowest BCUT2D eigenvalue weighted by atomic mass is 9.93. The Morgan fingerprint density at radius 1 is 0.972 bits per heavy atom. The monoisotopic (exact) mass is 492 g/mol. The molecule has 3 aromatic rings. The van der Waals surface area contributed by atoms with Crippen LogP contribution < -0.4 is 19.8 Å². The van der Waals surface area contributed by atoms with Gasteiger partial charge < -0.3 is 24.1 Å². The number of rotatable bonds is 11. The Balaban J connectivity index is 1.33. The number of ether oxygens (including phenoxy) is 3. The number of pyridine rings is 1. The highest BCUT2D eigenvalue weighted by molar-refractivity contribution is 5.79. The van der Waals surface area contributed by atoms with Crippen molar-refractivity contribution in [2.75, 3.05) is 27.4 Å². The Kier molecular flexibility index (Phi) is 8.87. The summed E-state index contributed by atoms with van der Waals surface area (Å²) >= 11 is 0. The lowest BCUT2D eigenvalue weighted by molar-refractivity contribution is -0.134. The van der Waals surface area contributed by atoms with E-state index < -0.39 is 0 Å². The normalized spacial score (nSPS) is 13.9. The number of fused-ring (bicyclic) bond motifs is 1. The van der Waals surface area contributed by atoms with Crippen LogP contribution in [-0.4, -0.2) is 49.2 Å². The van der Waals surface area contributed by atoms with Crippen LogP contribution in [0.15, 0.2) is 53.3 Å². The molecule has 0 aliphatic heterocycles. The molecular formula is C29H36N2O5. The Labute approximate surface area is 212 Å². The third-order valence-corrected chi connectivity index (χ3v) is 6.92. The van der Waals surface area contributed by atoms with Crippen molar-refractivity contribution in [1.29, 1.82) is 0 Å². The third-order valence-electron chi connectivity index (χ3n) is 6.92. The molecule has 1 aromatic heterocycles. The summed E-state index contributed by atoms with van der Waals surface area (Å²) in [5.41, 5.74) is 1.79. The molecule has 0 radical (unpaired) electrons. The van der Waals surface area contributed by atoms with Crippen molar-refractivity contribution in [1.82, 2.24) is 9.88 Å². The van der Waals surface area contributed by atoms with Crippen LogP contribution in [0.5, 0.6) is 17.2 Å². The van der Waals surface area contributed by atoms with E-state index in [4.69, 9.17) is 14.2 Å². The predicted octanol–water partition coefficient (Wildman–Crippen LogP) is 5.11. The number of methoxy groups -OCH3 is 2. The summed E-state index contributed by atoms with van der Waals surface area (Å²) in [5, 5.41) is 0.918. The zero-order valence-electron chi connectivity index (χ0n) is 21.3. The molecule has 1 saturated carbocycles. The van der Waals surface area contributed by atoms with Crippen molar-refractivity contribution < 1.29 is 19.0 Å². The van der Waals surface area contributed by atoms with Gasteiger partial charge >= 0.3 is 0 Å². The second-order valence-electron chi connectivity index (χ2n) is 9.34. The van der Waals surface area contributed by atoms with Crippen LogP contribution in [-0.2, 0) is 11.2 Å². The highest BCUT2D eigenvalue weighted by Crippen LogP contribution is 2.29. The standard InChI is InChI=1S/C29H36N2O5/c1-34-26-14-10-21(19-27(26)35-2)16-17-31(23-7-4-3-5-8-23)29(33)9-6-18-36-24-12-13-25-22(20-24)11-15-28(32)30-25/h10-15,19-20,23H,3-9,16-18H2,1-2H3,(H,30,32). The van der Waals surface area contributed by atoms with Crippen molar-refractivity contribution >= 4 is 16.8 Å². The van der Waals surface area contributed by atoms with Gasteiger partial charge in [-0.1, -0.05) is 25.3 Å². The van der Waals surface area contributed by atoms with Crippen LogP contribution in [0.4, 0.5) is 0 Å². The second-order valence-corrected chi connectivity index (χ2v) is 9.34. The lowest BCUT2D eigenvalue weighted by Crippen LogP contribution is -2.42. The zero-order valence-corrected chi connectivity index (χ0v) is 21.3. The van der Waals surface area contributed by atoms with Crippen molar-refractivity contribution in [3.63, 3.8) is 0 Å². The fourth-order valence-electron chi connectivity index (χ4n) is 4.97. The molecule has 0 saturated heterocycles. The predicted molar refractivity (Wildman–Crippen MR) is 141 cm³/mol. The molecule has 36 heavy (non-hydrogen) atoms. The molecule has 0 atom stereocenters. The van der Waals surface area contributed by atoms with E-state index in [2.05, 4.69) is 9.88 Å². The van der Waals surface area contributed by atoms with E-state index in [1.54, 1.807) is 20.3 Å². The topological polar surface area (TPSA) is 80.9 Å². The number of aromatic nitrogens is 1. The summed E-state index contributed by atoms with van der Waals surface area (Å²) in [4.78, 5) is 29.7. The van der Waals surface area contributed by atoms with Gasteiger partial charge in [0.15, 0.2) is 11.5 Å². The second kappa shape index (κ2) is 12.5. The van der Waals surface area contributed by atoms with E-state index in [0.29, 0.717) is 43.5 Å². The number of amides is 1. The van der Waals surface area contributed by atoms with Gasteiger partial charge in [0, 0.05) is 36.0 Å². The maximum Gasteiger partial charge on any atom is 0.248 e. The Morgan fingerprint density at radius 3 is 2.56 bits per heavy atom. The van der Waals surface area contributed by atoms with Crippen LogP contribution in [0, 0.1) is 0 Å². The van der Waals surface area contributed by atoms with Gasteiger partial charge in [-0.3, -0.25) is 9.59 Å². The molecule has 7 nitrogen and oxygen atoms in total. The molecule has 7 heteroatoms. The largest absolute Gasteiger partial charge is 0.494 e. The van der Waals surface area contributed by atoms with Crippen LogP contribution in [0.2, 0.25) is 0 Å².